The van der Waals surface area contributed by atoms with Crippen LogP contribution in [-0.4, -0.2) is 17.2 Å². The van der Waals surface area contributed by atoms with Gasteiger partial charge in [0, 0.05) is 27.2 Å². The molecule has 1 saturated carbocycles. The molecular formula is C60H48N2Si. The first-order valence-electron chi connectivity index (χ1n) is 22.7. The van der Waals surface area contributed by atoms with Crippen LogP contribution in [0.2, 0.25) is 0 Å². The SMILES string of the molecule is c1ccc(-c2ccc([Si](c3ccccc3)(c3ccccc3)c3ccc(-n4c5ccccc5c5c(-n6c7ccccc7c7cc(C8CCCCC8)ccc76)cccc54)cc3)cc2)cc1. The van der Waals surface area contributed by atoms with Gasteiger partial charge < -0.3 is 9.13 Å². The van der Waals surface area contributed by atoms with Crippen LogP contribution < -0.4 is 20.7 Å². The van der Waals surface area contributed by atoms with E-state index in [0.717, 1.165) is 5.69 Å². The van der Waals surface area contributed by atoms with Crippen LogP contribution in [0.15, 0.2) is 224 Å². The molecule has 302 valence electrons. The van der Waals surface area contributed by atoms with E-state index in [4.69, 9.17) is 0 Å². The van der Waals surface area contributed by atoms with E-state index in [1.807, 2.05) is 0 Å². The van der Waals surface area contributed by atoms with Crippen molar-refractivity contribution in [1.29, 1.82) is 0 Å². The van der Waals surface area contributed by atoms with Crippen LogP contribution in [0.4, 0.5) is 0 Å². The second kappa shape index (κ2) is 15.6. The minimum Gasteiger partial charge on any atom is -0.309 e. The topological polar surface area (TPSA) is 9.86 Å². The highest BCUT2D eigenvalue weighted by Gasteiger charge is 2.41. The molecular weight excluding hydrogens is 777 g/mol. The molecule has 1 aliphatic carbocycles. The number of hydrogen-bond donors (Lipinski definition) is 0. The Morgan fingerprint density at radius 2 is 0.857 bits per heavy atom. The highest BCUT2D eigenvalue weighted by atomic mass is 28.3. The lowest BCUT2D eigenvalue weighted by Crippen LogP contribution is -2.74. The third-order valence-corrected chi connectivity index (χ3v) is 18.9. The molecule has 2 heterocycles. The van der Waals surface area contributed by atoms with Gasteiger partial charge in [0.05, 0.1) is 27.8 Å². The minimum absolute atomic E-state index is 0.659. The van der Waals surface area contributed by atoms with Crippen molar-refractivity contribution in [3.63, 3.8) is 0 Å². The van der Waals surface area contributed by atoms with Crippen molar-refractivity contribution in [2.45, 2.75) is 38.0 Å². The number of rotatable bonds is 8. The maximum Gasteiger partial charge on any atom is 0.179 e. The third kappa shape index (κ3) is 6.13. The van der Waals surface area contributed by atoms with Crippen molar-refractivity contribution >= 4 is 72.4 Å². The molecule has 2 aromatic heterocycles. The highest BCUT2D eigenvalue weighted by molar-refractivity contribution is 7.19. The normalized spacial score (nSPS) is 13.7. The molecule has 0 amide bonds. The predicted octanol–water partition coefficient (Wildman–Crippen LogP) is 13.0. The van der Waals surface area contributed by atoms with Gasteiger partial charge in [-0.2, -0.15) is 0 Å². The molecule has 0 N–H and O–H groups in total. The first-order valence-corrected chi connectivity index (χ1v) is 24.7. The first kappa shape index (κ1) is 37.5. The van der Waals surface area contributed by atoms with Gasteiger partial charge in [0.25, 0.3) is 0 Å². The number of fused-ring (bicyclic) bond motifs is 6. The van der Waals surface area contributed by atoms with E-state index >= 15 is 0 Å². The zero-order valence-electron chi connectivity index (χ0n) is 35.4. The summed E-state index contributed by atoms with van der Waals surface area (Å²) < 4.78 is 5.01. The average molecular weight is 825 g/mol. The smallest absolute Gasteiger partial charge is 0.179 e. The van der Waals surface area contributed by atoms with E-state index in [0.29, 0.717) is 5.92 Å². The lowest BCUT2D eigenvalue weighted by atomic mass is 9.84. The summed E-state index contributed by atoms with van der Waals surface area (Å²) >= 11 is 0. The lowest BCUT2D eigenvalue weighted by Gasteiger charge is -2.34. The van der Waals surface area contributed by atoms with E-state index in [-0.39, 0.29) is 0 Å². The largest absolute Gasteiger partial charge is 0.309 e. The first-order chi connectivity index (χ1) is 31.3. The van der Waals surface area contributed by atoms with Gasteiger partial charge >= 0.3 is 0 Å². The average Bonchev–Trinajstić information content (AvgIpc) is 3.89. The highest BCUT2D eigenvalue weighted by Crippen LogP contribution is 2.41. The van der Waals surface area contributed by atoms with Crippen LogP contribution in [-0.2, 0) is 0 Å². The molecule has 3 heteroatoms. The van der Waals surface area contributed by atoms with Crippen molar-refractivity contribution in [2.24, 2.45) is 0 Å². The van der Waals surface area contributed by atoms with Gasteiger partial charge in [0.2, 0.25) is 0 Å². The molecule has 1 fully saturated rings. The summed E-state index contributed by atoms with van der Waals surface area (Å²) in [4.78, 5) is 0. The number of benzene rings is 9. The summed E-state index contributed by atoms with van der Waals surface area (Å²) in [6.07, 6.45) is 6.64. The summed E-state index contributed by atoms with van der Waals surface area (Å²) in [5.41, 5.74) is 11.3. The fraction of sp³-hybridized carbons (Fsp3) is 0.100. The van der Waals surface area contributed by atoms with Gasteiger partial charge in [0.15, 0.2) is 8.07 Å². The van der Waals surface area contributed by atoms with Gasteiger partial charge in [0.1, 0.15) is 0 Å². The molecule has 0 aliphatic heterocycles. The third-order valence-electron chi connectivity index (χ3n) is 14.1. The standard InChI is InChI=1S/C60H48N2Si/c1-5-18-43(19-6-1)45-32-37-50(38-33-45)63(48-22-9-3-10-23-48,49-24-11-4-12-25-49)51-39-35-47(36-40-51)61-56-29-16-14-27-53(56)60-58(61)30-17-31-59(60)62-55-28-15-13-26-52(55)54-42-46(34-41-57(54)62)44-20-7-2-8-21-44/h1,3-6,9-19,22-42,44H,2,7-8,20-21H2. The fourth-order valence-corrected chi connectivity index (χ4v) is 15.9. The summed E-state index contributed by atoms with van der Waals surface area (Å²) in [5.74, 6) is 0.659. The Labute approximate surface area is 370 Å². The molecule has 9 aromatic carbocycles. The molecule has 12 rings (SSSR count). The fourth-order valence-electron chi connectivity index (χ4n) is 11.2. The van der Waals surface area contributed by atoms with Crippen molar-refractivity contribution in [2.75, 3.05) is 0 Å². The lowest BCUT2D eigenvalue weighted by molar-refractivity contribution is 0.444. The van der Waals surface area contributed by atoms with Gasteiger partial charge in [-0.25, -0.2) is 0 Å². The van der Waals surface area contributed by atoms with Gasteiger partial charge in [-0.15, -0.1) is 0 Å². The monoisotopic (exact) mass is 824 g/mol. The van der Waals surface area contributed by atoms with Crippen LogP contribution in [0.1, 0.15) is 43.6 Å². The Kier molecular flexibility index (Phi) is 9.30. The molecule has 2 nitrogen and oxygen atoms in total. The minimum atomic E-state index is -2.76. The molecule has 0 atom stereocenters. The maximum absolute atomic E-state index is 2.76. The Hall–Kier alpha value is -7.20. The molecule has 0 radical (unpaired) electrons. The van der Waals surface area contributed by atoms with E-state index in [1.165, 1.54) is 119 Å². The Balaban J connectivity index is 1.04. The quantitative estimate of drug-likeness (QED) is 0.107. The van der Waals surface area contributed by atoms with E-state index < -0.39 is 8.07 Å². The maximum atomic E-state index is 2.53. The van der Waals surface area contributed by atoms with E-state index in [2.05, 4.69) is 234 Å². The molecule has 0 spiro atoms. The van der Waals surface area contributed by atoms with E-state index in [9.17, 15) is 0 Å². The molecule has 11 aromatic rings. The predicted molar refractivity (Wildman–Crippen MR) is 270 cm³/mol. The number of nitrogens with zero attached hydrogens (tertiary/aromatic N) is 2. The van der Waals surface area contributed by atoms with Crippen LogP contribution in [0.25, 0.3) is 66.1 Å². The van der Waals surface area contributed by atoms with Crippen molar-refractivity contribution in [1.82, 2.24) is 9.13 Å². The second-order valence-electron chi connectivity index (χ2n) is 17.5. The van der Waals surface area contributed by atoms with Crippen molar-refractivity contribution in [3.8, 4) is 22.5 Å². The van der Waals surface area contributed by atoms with Crippen LogP contribution in [0, 0.1) is 0 Å². The zero-order valence-corrected chi connectivity index (χ0v) is 36.4. The zero-order chi connectivity index (χ0) is 41.7. The van der Waals surface area contributed by atoms with Gasteiger partial charge in [-0.3, -0.25) is 0 Å². The summed E-state index contributed by atoms with van der Waals surface area (Å²) in [6.45, 7) is 0. The summed E-state index contributed by atoms with van der Waals surface area (Å²) in [6, 6.07) is 84.4. The Bertz CT molecular complexity index is 3360. The summed E-state index contributed by atoms with van der Waals surface area (Å²) in [7, 11) is -2.76. The molecule has 0 unspecified atom stereocenters. The summed E-state index contributed by atoms with van der Waals surface area (Å²) in [5, 5.41) is 10.7. The van der Waals surface area contributed by atoms with Crippen LogP contribution in [0.3, 0.4) is 0 Å². The van der Waals surface area contributed by atoms with Crippen molar-refractivity contribution in [3.05, 3.63) is 230 Å². The number of hydrogen-bond acceptors (Lipinski definition) is 0. The van der Waals surface area contributed by atoms with Gasteiger partial charge in [-0.05, 0) is 105 Å². The van der Waals surface area contributed by atoms with Gasteiger partial charge in [-0.1, -0.05) is 195 Å². The molecule has 0 bridgehead atoms. The Morgan fingerprint density at radius 3 is 1.52 bits per heavy atom. The van der Waals surface area contributed by atoms with Crippen molar-refractivity contribution < 1.29 is 0 Å². The van der Waals surface area contributed by atoms with Crippen LogP contribution >= 0.6 is 0 Å². The molecule has 0 saturated heterocycles. The Morgan fingerprint density at radius 1 is 0.349 bits per heavy atom. The second-order valence-corrected chi connectivity index (χ2v) is 21.3. The molecule has 63 heavy (non-hydrogen) atoms. The van der Waals surface area contributed by atoms with E-state index in [1.54, 1.807) is 0 Å². The number of para-hydroxylation sites is 2. The number of aromatic nitrogens is 2. The molecule has 1 aliphatic rings. The van der Waals surface area contributed by atoms with Crippen LogP contribution in [0.5, 0.6) is 0 Å².